The monoisotopic (exact) mass is 548 g/mol. The molecule has 3 N–H and O–H groups in total. The summed E-state index contributed by atoms with van der Waals surface area (Å²) in [6, 6.07) is 14.8. The number of nitrogens with zero attached hydrogens (tertiary/aromatic N) is 4. The SMILES string of the molecule is COc1ccc2c(c1)C(=O)N(CC1(C#Cc3ccc(-c4nc(-c5cnn(C)c5)ccc4O)cc3)NC(=O)NC1=O)C2. The van der Waals surface area contributed by atoms with Gasteiger partial charge in [0.25, 0.3) is 11.8 Å². The Morgan fingerprint density at radius 1 is 1.07 bits per heavy atom. The quantitative estimate of drug-likeness (QED) is 0.257. The number of amides is 4. The predicted octanol–water partition coefficient (Wildman–Crippen LogP) is 2.45. The van der Waals surface area contributed by atoms with Gasteiger partial charge in [0.15, 0.2) is 0 Å². The van der Waals surface area contributed by atoms with Gasteiger partial charge in [-0.3, -0.25) is 19.6 Å². The number of methoxy groups -OCH3 is 1. The molecule has 0 saturated carbocycles. The number of aromatic hydroxyl groups is 1. The predicted molar refractivity (Wildman–Crippen MR) is 148 cm³/mol. The van der Waals surface area contributed by atoms with Gasteiger partial charge >= 0.3 is 6.03 Å². The number of urea groups is 1. The molecule has 6 rings (SSSR count). The minimum absolute atomic E-state index is 0.0228. The van der Waals surface area contributed by atoms with Crippen LogP contribution in [0.3, 0.4) is 0 Å². The van der Waals surface area contributed by atoms with Crippen LogP contribution in [0.5, 0.6) is 11.5 Å². The lowest BCUT2D eigenvalue weighted by Gasteiger charge is -2.26. The van der Waals surface area contributed by atoms with E-state index in [1.807, 2.05) is 13.2 Å². The normalized spacial score (nSPS) is 17.5. The minimum Gasteiger partial charge on any atom is -0.506 e. The van der Waals surface area contributed by atoms with Crippen LogP contribution in [0, 0.1) is 11.8 Å². The number of pyridine rings is 1. The molecule has 0 aliphatic carbocycles. The second-order valence-electron chi connectivity index (χ2n) is 9.79. The number of fused-ring (bicyclic) bond motifs is 1. The number of rotatable bonds is 5. The average molecular weight is 549 g/mol. The third-order valence-electron chi connectivity index (χ3n) is 7.02. The molecule has 0 radical (unpaired) electrons. The van der Waals surface area contributed by atoms with Crippen LogP contribution in [0.4, 0.5) is 4.79 Å². The van der Waals surface area contributed by atoms with Gasteiger partial charge in [0, 0.05) is 42.0 Å². The number of imide groups is 1. The molecular formula is C30H24N6O5. The lowest BCUT2D eigenvalue weighted by atomic mass is 9.98. The molecule has 2 aliphatic rings. The molecule has 1 atom stereocenters. The Morgan fingerprint density at radius 3 is 2.56 bits per heavy atom. The number of hydrogen-bond acceptors (Lipinski definition) is 7. The molecule has 0 bridgehead atoms. The van der Waals surface area contributed by atoms with Crippen molar-refractivity contribution in [2.75, 3.05) is 13.7 Å². The van der Waals surface area contributed by atoms with Crippen LogP contribution in [0.15, 0.2) is 67.0 Å². The molecule has 204 valence electrons. The highest BCUT2D eigenvalue weighted by Crippen LogP contribution is 2.31. The summed E-state index contributed by atoms with van der Waals surface area (Å²) in [4.78, 5) is 44.3. The van der Waals surface area contributed by atoms with Crippen molar-refractivity contribution in [2.24, 2.45) is 7.05 Å². The molecule has 11 nitrogen and oxygen atoms in total. The Morgan fingerprint density at radius 2 is 1.88 bits per heavy atom. The first-order valence-corrected chi connectivity index (χ1v) is 12.7. The lowest BCUT2D eigenvalue weighted by molar-refractivity contribution is -0.122. The third kappa shape index (κ3) is 4.72. The van der Waals surface area contributed by atoms with Crippen LogP contribution in [-0.4, -0.2) is 61.8 Å². The van der Waals surface area contributed by atoms with E-state index < -0.39 is 17.5 Å². The molecule has 41 heavy (non-hydrogen) atoms. The van der Waals surface area contributed by atoms with E-state index in [0.29, 0.717) is 33.8 Å². The fourth-order valence-electron chi connectivity index (χ4n) is 4.88. The van der Waals surface area contributed by atoms with Gasteiger partial charge in [-0.1, -0.05) is 30.0 Å². The van der Waals surface area contributed by atoms with Gasteiger partial charge in [0.1, 0.15) is 17.2 Å². The molecule has 1 fully saturated rings. The second-order valence-corrected chi connectivity index (χ2v) is 9.79. The van der Waals surface area contributed by atoms with Gasteiger partial charge in [-0.05, 0) is 42.0 Å². The number of carbonyl (C=O) groups excluding carboxylic acids is 3. The van der Waals surface area contributed by atoms with Gasteiger partial charge in [-0.2, -0.15) is 5.10 Å². The van der Waals surface area contributed by atoms with E-state index in [1.165, 1.54) is 12.0 Å². The fourth-order valence-corrected chi connectivity index (χ4v) is 4.88. The Balaban J connectivity index is 1.26. The number of benzene rings is 2. The topological polar surface area (TPSA) is 139 Å². The zero-order valence-electron chi connectivity index (χ0n) is 22.1. The van der Waals surface area contributed by atoms with Crippen LogP contribution in [0.25, 0.3) is 22.5 Å². The summed E-state index contributed by atoms with van der Waals surface area (Å²) in [6.45, 7) is 0.137. The van der Waals surface area contributed by atoms with Crippen LogP contribution in [0.2, 0.25) is 0 Å². The van der Waals surface area contributed by atoms with Crippen molar-refractivity contribution < 1.29 is 24.2 Å². The summed E-state index contributed by atoms with van der Waals surface area (Å²) in [5.41, 5.74) is 2.75. The van der Waals surface area contributed by atoms with Crippen LogP contribution >= 0.6 is 0 Å². The average Bonchev–Trinajstić information content (AvgIpc) is 3.62. The molecule has 1 saturated heterocycles. The van der Waals surface area contributed by atoms with Gasteiger partial charge in [0.2, 0.25) is 5.54 Å². The molecule has 2 aromatic carbocycles. The van der Waals surface area contributed by atoms with Crippen molar-refractivity contribution in [1.82, 2.24) is 30.3 Å². The maximum absolute atomic E-state index is 13.1. The van der Waals surface area contributed by atoms with Crippen LogP contribution in [-0.2, 0) is 18.4 Å². The van der Waals surface area contributed by atoms with E-state index in [4.69, 9.17) is 4.74 Å². The first-order chi connectivity index (χ1) is 19.7. The third-order valence-corrected chi connectivity index (χ3v) is 7.02. The highest BCUT2D eigenvalue weighted by atomic mass is 16.5. The van der Waals surface area contributed by atoms with Crippen molar-refractivity contribution in [3.8, 4) is 45.9 Å². The summed E-state index contributed by atoms with van der Waals surface area (Å²) < 4.78 is 6.90. The highest BCUT2D eigenvalue weighted by molar-refractivity contribution is 6.10. The minimum atomic E-state index is -1.63. The zero-order valence-corrected chi connectivity index (χ0v) is 22.1. The van der Waals surface area contributed by atoms with Crippen molar-refractivity contribution >= 4 is 17.8 Å². The maximum atomic E-state index is 13.1. The fraction of sp³-hybridized carbons (Fsp3) is 0.167. The first kappa shape index (κ1) is 25.6. The van der Waals surface area contributed by atoms with E-state index >= 15 is 0 Å². The number of nitrogens with one attached hydrogen (secondary N) is 2. The molecule has 0 spiro atoms. The largest absolute Gasteiger partial charge is 0.506 e. The number of carbonyl (C=O) groups is 3. The summed E-state index contributed by atoms with van der Waals surface area (Å²) >= 11 is 0. The van der Waals surface area contributed by atoms with Gasteiger partial charge in [-0.15, -0.1) is 0 Å². The van der Waals surface area contributed by atoms with Gasteiger partial charge in [-0.25, -0.2) is 9.78 Å². The van der Waals surface area contributed by atoms with E-state index in [2.05, 4.69) is 32.6 Å². The summed E-state index contributed by atoms with van der Waals surface area (Å²) in [5.74, 6) is 5.53. The van der Waals surface area contributed by atoms with Crippen molar-refractivity contribution in [2.45, 2.75) is 12.1 Å². The van der Waals surface area contributed by atoms with Gasteiger partial charge < -0.3 is 20.1 Å². The highest BCUT2D eigenvalue weighted by Gasteiger charge is 2.48. The Hall–Kier alpha value is -5.63. The second kappa shape index (κ2) is 9.84. The maximum Gasteiger partial charge on any atom is 0.323 e. The molecule has 4 heterocycles. The van der Waals surface area contributed by atoms with Crippen LogP contribution < -0.4 is 15.4 Å². The molecule has 2 aliphatic heterocycles. The molecule has 4 aromatic rings. The standard InChI is InChI=1S/C30H24N6O5/c1-35-15-21(14-31-35)24-9-10-25(37)26(32-24)19-5-3-18(4-6-19)11-12-30(28(39)33-29(40)34-30)17-36-16-20-7-8-22(41-2)13-23(20)27(36)38/h3-10,13-15,37H,16-17H2,1-2H3,(H2,33,34,39,40). The van der Waals surface area contributed by atoms with E-state index in [0.717, 1.165) is 11.1 Å². The van der Waals surface area contributed by atoms with Gasteiger partial charge in [0.05, 0.1) is 25.5 Å². The number of ether oxygens (including phenoxy) is 1. The number of aromatic nitrogens is 3. The smallest absolute Gasteiger partial charge is 0.323 e. The zero-order chi connectivity index (χ0) is 28.7. The van der Waals surface area contributed by atoms with Crippen molar-refractivity contribution in [1.29, 1.82) is 0 Å². The van der Waals surface area contributed by atoms with E-state index in [9.17, 15) is 19.5 Å². The summed E-state index contributed by atoms with van der Waals surface area (Å²) in [7, 11) is 3.34. The molecule has 2 aromatic heterocycles. The summed E-state index contributed by atoms with van der Waals surface area (Å²) in [5, 5.41) is 19.5. The summed E-state index contributed by atoms with van der Waals surface area (Å²) in [6.07, 6.45) is 3.53. The number of aryl methyl sites for hydroxylation is 1. The molecular weight excluding hydrogens is 524 g/mol. The van der Waals surface area contributed by atoms with E-state index in [-0.39, 0.29) is 24.7 Å². The first-order valence-electron chi connectivity index (χ1n) is 12.7. The number of hydrogen-bond donors (Lipinski definition) is 3. The molecule has 1 unspecified atom stereocenters. The lowest BCUT2D eigenvalue weighted by Crippen LogP contribution is -2.54. The Labute approximate surface area is 234 Å². The van der Waals surface area contributed by atoms with E-state index in [1.54, 1.807) is 65.5 Å². The Bertz CT molecular complexity index is 1790. The van der Waals surface area contributed by atoms with Crippen molar-refractivity contribution in [3.05, 3.63) is 83.7 Å². The Kier molecular flexibility index (Phi) is 6.15. The molecule has 4 amide bonds. The molecule has 11 heteroatoms. The van der Waals surface area contributed by atoms with Crippen molar-refractivity contribution in [3.63, 3.8) is 0 Å². The van der Waals surface area contributed by atoms with Crippen LogP contribution in [0.1, 0.15) is 21.5 Å².